The number of hydrogen-bond donors (Lipinski definition) is 1. The fraction of sp³-hybridized carbons (Fsp3) is 0.667. The summed E-state index contributed by atoms with van der Waals surface area (Å²) >= 11 is 1.45. The van der Waals surface area contributed by atoms with Crippen molar-refractivity contribution in [1.82, 2.24) is 15.1 Å². The van der Waals surface area contributed by atoms with Gasteiger partial charge < -0.3 is 15.1 Å². The molecular formula is C21H33N3O3S. The van der Waals surface area contributed by atoms with Gasteiger partial charge in [0.25, 0.3) is 5.91 Å². The van der Waals surface area contributed by atoms with Crippen LogP contribution in [0.2, 0.25) is 0 Å². The molecule has 2 rings (SSSR count). The molecule has 1 atom stereocenters. The Morgan fingerprint density at radius 2 is 1.86 bits per heavy atom. The predicted molar refractivity (Wildman–Crippen MR) is 112 cm³/mol. The Labute approximate surface area is 172 Å². The average molecular weight is 408 g/mol. The van der Waals surface area contributed by atoms with Gasteiger partial charge in [0.15, 0.2) is 0 Å². The van der Waals surface area contributed by atoms with E-state index in [1.165, 1.54) is 11.3 Å². The lowest BCUT2D eigenvalue weighted by Gasteiger charge is -2.37. The van der Waals surface area contributed by atoms with Crippen LogP contribution in [0.4, 0.5) is 0 Å². The zero-order valence-corrected chi connectivity index (χ0v) is 18.3. The number of likely N-dealkylation sites (N-methyl/N-ethyl adjacent to an activating group) is 1. The fourth-order valence-electron chi connectivity index (χ4n) is 3.71. The van der Waals surface area contributed by atoms with Crippen molar-refractivity contribution in [3.05, 3.63) is 22.4 Å². The van der Waals surface area contributed by atoms with Gasteiger partial charge in [0.2, 0.25) is 11.8 Å². The van der Waals surface area contributed by atoms with Gasteiger partial charge in [0.1, 0.15) is 6.04 Å². The standard InChI is InChI=1S/C21H33N3O3S/c1-5-23(6-2)21(27)19(22-18(25)14-15(3)4)16-9-11-24(12-10-16)20(26)17-8-7-13-28-17/h7-8,13,15-16,19H,5-6,9-12,14H2,1-4H3,(H,22,25). The second kappa shape index (κ2) is 10.6. The van der Waals surface area contributed by atoms with Crippen LogP contribution in [-0.4, -0.2) is 59.7 Å². The highest BCUT2D eigenvalue weighted by molar-refractivity contribution is 7.12. The second-order valence-electron chi connectivity index (χ2n) is 7.76. The molecule has 0 aromatic carbocycles. The Hall–Kier alpha value is -1.89. The van der Waals surface area contributed by atoms with Crippen LogP contribution in [0.3, 0.4) is 0 Å². The fourth-order valence-corrected chi connectivity index (χ4v) is 4.40. The minimum Gasteiger partial charge on any atom is -0.344 e. The number of amides is 3. The van der Waals surface area contributed by atoms with E-state index in [4.69, 9.17) is 0 Å². The third kappa shape index (κ3) is 5.80. The van der Waals surface area contributed by atoms with Crippen LogP contribution >= 0.6 is 11.3 Å². The average Bonchev–Trinajstić information content (AvgIpc) is 3.21. The first kappa shape index (κ1) is 22.4. The number of likely N-dealkylation sites (tertiary alicyclic amines) is 1. The monoisotopic (exact) mass is 407 g/mol. The third-order valence-corrected chi connectivity index (χ3v) is 6.14. The first-order valence-electron chi connectivity index (χ1n) is 10.3. The van der Waals surface area contributed by atoms with Crippen molar-refractivity contribution < 1.29 is 14.4 Å². The van der Waals surface area contributed by atoms with E-state index < -0.39 is 6.04 Å². The van der Waals surface area contributed by atoms with Crippen molar-refractivity contribution in [2.75, 3.05) is 26.2 Å². The molecule has 1 aliphatic heterocycles. The van der Waals surface area contributed by atoms with E-state index in [0.29, 0.717) is 32.6 Å². The van der Waals surface area contributed by atoms with Crippen LogP contribution in [0.1, 0.15) is 56.6 Å². The highest BCUT2D eigenvalue weighted by Crippen LogP contribution is 2.24. The molecule has 2 heterocycles. The quantitative estimate of drug-likeness (QED) is 0.720. The van der Waals surface area contributed by atoms with Crippen LogP contribution in [0.15, 0.2) is 17.5 Å². The molecule has 0 saturated carbocycles. The van der Waals surface area contributed by atoms with Crippen molar-refractivity contribution in [1.29, 1.82) is 0 Å². The van der Waals surface area contributed by atoms with Crippen LogP contribution in [0, 0.1) is 11.8 Å². The summed E-state index contributed by atoms with van der Waals surface area (Å²) in [6.45, 7) is 10.4. The highest BCUT2D eigenvalue weighted by atomic mass is 32.1. The molecule has 0 aliphatic carbocycles. The topological polar surface area (TPSA) is 69.7 Å². The largest absolute Gasteiger partial charge is 0.344 e. The van der Waals surface area contributed by atoms with E-state index in [1.54, 1.807) is 4.90 Å². The summed E-state index contributed by atoms with van der Waals surface area (Å²) in [7, 11) is 0. The molecular weight excluding hydrogens is 374 g/mol. The molecule has 156 valence electrons. The lowest BCUT2D eigenvalue weighted by atomic mass is 9.88. The van der Waals surface area contributed by atoms with Crippen LogP contribution in [0.25, 0.3) is 0 Å². The maximum atomic E-state index is 13.1. The van der Waals surface area contributed by atoms with Crippen molar-refractivity contribution in [2.24, 2.45) is 11.8 Å². The first-order chi connectivity index (χ1) is 13.4. The summed E-state index contributed by atoms with van der Waals surface area (Å²) in [6, 6.07) is 3.22. The smallest absolute Gasteiger partial charge is 0.263 e. The maximum absolute atomic E-state index is 13.1. The number of piperidine rings is 1. The van der Waals surface area contributed by atoms with Crippen molar-refractivity contribution in [3.8, 4) is 0 Å². The number of carbonyl (C=O) groups is 3. The van der Waals surface area contributed by atoms with Crippen LogP contribution in [-0.2, 0) is 9.59 Å². The van der Waals surface area contributed by atoms with Gasteiger partial charge in [-0.3, -0.25) is 14.4 Å². The molecule has 3 amide bonds. The van der Waals surface area contributed by atoms with Crippen molar-refractivity contribution >= 4 is 29.1 Å². The summed E-state index contributed by atoms with van der Waals surface area (Å²) in [4.78, 5) is 42.4. The Morgan fingerprint density at radius 3 is 2.36 bits per heavy atom. The van der Waals surface area contributed by atoms with Crippen molar-refractivity contribution in [2.45, 2.75) is 53.0 Å². The van der Waals surface area contributed by atoms with Crippen LogP contribution in [0.5, 0.6) is 0 Å². The highest BCUT2D eigenvalue weighted by Gasteiger charge is 2.35. The normalized spacial score (nSPS) is 16.1. The molecule has 1 unspecified atom stereocenters. The van der Waals surface area contributed by atoms with Gasteiger partial charge in [0.05, 0.1) is 4.88 Å². The van der Waals surface area contributed by atoms with Crippen molar-refractivity contribution in [3.63, 3.8) is 0 Å². The number of hydrogen-bond acceptors (Lipinski definition) is 4. The van der Waals surface area contributed by atoms with E-state index in [2.05, 4.69) is 5.32 Å². The van der Waals surface area contributed by atoms with Gasteiger partial charge in [-0.05, 0) is 50.0 Å². The molecule has 1 aromatic heterocycles. The number of nitrogens with one attached hydrogen (secondary N) is 1. The number of thiophene rings is 1. The number of carbonyl (C=O) groups excluding carboxylic acids is 3. The Morgan fingerprint density at radius 1 is 1.21 bits per heavy atom. The van der Waals surface area contributed by atoms with E-state index in [9.17, 15) is 14.4 Å². The van der Waals surface area contributed by atoms with Gasteiger partial charge in [-0.2, -0.15) is 0 Å². The van der Waals surface area contributed by atoms with Gasteiger partial charge in [-0.25, -0.2) is 0 Å². The molecule has 1 fully saturated rings. The summed E-state index contributed by atoms with van der Waals surface area (Å²) in [6.07, 6.45) is 1.85. The van der Waals surface area contributed by atoms with Gasteiger partial charge in [0, 0.05) is 32.6 Å². The van der Waals surface area contributed by atoms with E-state index in [0.717, 1.165) is 17.7 Å². The molecule has 7 heteroatoms. The van der Waals surface area contributed by atoms with E-state index >= 15 is 0 Å². The lowest BCUT2D eigenvalue weighted by Crippen LogP contribution is -2.54. The molecule has 0 bridgehead atoms. The summed E-state index contributed by atoms with van der Waals surface area (Å²) in [5.74, 6) is 0.276. The second-order valence-corrected chi connectivity index (χ2v) is 8.71. The summed E-state index contributed by atoms with van der Waals surface area (Å²) in [5, 5.41) is 4.91. The minimum atomic E-state index is -0.509. The molecule has 1 aliphatic rings. The SMILES string of the molecule is CCN(CC)C(=O)C(NC(=O)CC(C)C)C1CCN(C(=O)c2cccs2)CC1. The molecule has 0 spiro atoms. The summed E-state index contributed by atoms with van der Waals surface area (Å²) in [5.41, 5.74) is 0. The van der Waals surface area contributed by atoms with Gasteiger partial charge in [-0.15, -0.1) is 11.3 Å². The molecule has 0 radical (unpaired) electrons. The first-order valence-corrected chi connectivity index (χ1v) is 11.2. The Kier molecular flexibility index (Phi) is 8.48. The molecule has 28 heavy (non-hydrogen) atoms. The number of rotatable bonds is 8. The van der Waals surface area contributed by atoms with E-state index in [1.807, 2.05) is 50.1 Å². The summed E-state index contributed by atoms with van der Waals surface area (Å²) < 4.78 is 0. The van der Waals surface area contributed by atoms with Gasteiger partial charge >= 0.3 is 0 Å². The minimum absolute atomic E-state index is 0.00913. The van der Waals surface area contributed by atoms with Crippen LogP contribution < -0.4 is 5.32 Å². The molecule has 1 N–H and O–H groups in total. The zero-order chi connectivity index (χ0) is 20.7. The van der Waals surface area contributed by atoms with Gasteiger partial charge in [-0.1, -0.05) is 19.9 Å². The lowest BCUT2D eigenvalue weighted by molar-refractivity contribution is -0.138. The maximum Gasteiger partial charge on any atom is 0.263 e. The van der Waals surface area contributed by atoms with E-state index in [-0.39, 0.29) is 29.6 Å². The molecule has 1 saturated heterocycles. The number of nitrogens with zero attached hydrogens (tertiary/aromatic N) is 2. The molecule has 1 aromatic rings. The Bertz CT molecular complexity index is 648. The Balaban J connectivity index is 2.05. The predicted octanol–water partition coefficient (Wildman–Crippen LogP) is 3.00. The molecule has 6 nitrogen and oxygen atoms in total. The third-order valence-electron chi connectivity index (χ3n) is 5.28. The zero-order valence-electron chi connectivity index (χ0n) is 17.4.